The van der Waals surface area contributed by atoms with Crippen LogP contribution in [0.15, 0.2) is 58.2 Å². The largest absolute Gasteiger partial charge is 0.484 e. The highest BCUT2D eigenvalue weighted by molar-refractivity contribution is 14.1. The molecule has 0 atom stereocenters. The second-order valence-corrected chi connectivity index (χ2v) is 7.76. The summed E-state index contributed by atoms with van der Waals surface area (Å²) in [5.41, 5.74) is 2.01. The van der Waals surface area contributed by atoms with Crippen LogP contribution in [0.25, 0.3) is 0 Å². The minimum absolute atomic E-state index is 0.131. The quantitative estimate of drug-likeness (QED) is 0.365. The zero-order chi connectivity index (χ0) is 19.1. The van der Waals surface area contributed by atoms with Crippen molar-refractivity contribution in [3.8, 4) is 5.75 Å². The van der Waals surface area contributed by atoms with Crippen LogP contribution in [0.4, 0.5) is 5.69 Å². The van der Waals surface area contributed by atoms with E-state index in [1.807, 2.05) is 48.5 Å². The van der Waals surface area contributed by atoms with E-state index in [0.717, 1.165) is 21.4 Å². The lowest BCUT2D eigenvalue weighted by Crippen LogP contribution is -2.13. The van der Waals surface area contributed by atoms with Gasteiger partial charge in [0.1, 0.15) is 5.75 Å². The van der Waals surface area contributed by atoms with E-state index in [2.05, 4.69) is 45.0 Å². The molecule has 3 aromatic rings. The van der Waals surface area contributed by atoms with Crippen LogP contribution in [-0.2, 0) is 17.8 Å². The van der Waals surface area contributed by atoms with E-state index in [9.17, 15) is 4.79 Å². The van der Waals surface area contributed by atoms with Crippen molar-refractivity contribution in [2.75, 3.05) is 11.1 Å². The normalized spacial score (nSPS) is 10.6. The molecule has 0 aliphatic heterocycles. The van der Waals surface area contributed by atoms with Gasteiger partial charge in [0.05, 0.1) is 5.75 Å². The standard InChI is InChI=1S/C19H18IN3O3S/c1-2-13-3-9-16(10-4-13)25-11-18-22-23-19(26-18)27-12-17(24)21-15-7-5-14(20)6-8-15/h3-10H,2,11-12H2,1H3,(H,21,24). The molecule has 3 rings (SSSR count). The minimum Gasteiger partial charge on any atom is -0.484 e. The molecule has 0 unspecified atom stereocenters. The van der Waals surface area contributed by atoms with Crippen LogP contribution in [0.2, 0.25) is 0 Å². The van der Waals surface area contributed by atoms with E-state index in [4.69, 9.17) is 9.15 Å². The second kappa shape index (κ2) is 9.75. The van der Waals surface area contributed by atoms with Gasteiger partial charge in [-0.05, 0) is 71.0 Å². The fourth-order valence-corrected chi connectivity index (χ4v) is 3.12. The van der Waals surface area contributed by atoms with E-state index in [1.165, 1.54) is 17.3 Å². The summed E-state index contributed by atoms with van der Waals surface area (Å²) in [6.45, 7) is 2.29. The van der Waals surface area contributed by atoms with E-state index in [1.54, 1.807) is 0 Å². The molecule has 1 N–H and O–H groups in total. The SMILES string of the molecule is CCc1ccc(OCc2nnc(SCC(=O)Nc3ccc(I)cc3)o2)cc1. The third kappa shape index (κ3) is 6.24. The number of benzene rings is 2. The molecular formula is C19H18IN3O3S. The lowest BCUT2D eigenvalue weighted by atomic mass is 10.2. The molecule has 0 saturated carbocycles. The fraction of sp³-hybridized carbons (Fsp3) is 0.211. The van der Waals surface area contributed by atoms with E-state index >= 15 is 0 Å². The predicted molar refractivity (Wildman–Crippen MR) is 113 cm³/mol. The van der Waals surface area contributed by atoms with Crippen molar-refractivity contribution in [2.24, 2.45) is 0 Å². The Bertz CT molecular complexity index is 882. The van der Waals surface area contributed by atoms with Crippen LogP contribution in [0, 0.1) is 3.57 Å². The number of carbonyl (C=O) groups is 1. The van der Waals surface area contributed by atoms with E-state index < -0.39 is 0 Å². The molecule has 6 nitrogen and oxygen atoms in total. The number of carbonyl (C=O) groups excluding carboxylic acids is 1. The third-order valence-electron chi connectivity index (χ3n) is 3.60. The Morgan fingerprint density at radius 2 is 1.89 bits per heavy atom. The maximum Gasteiger partial charge on any atom is 0.277 e. The highest BCUT2D eigenvalue weighted by atomic mass is 127. The molecule has 0 fully saturated rings. The maximum atomic E-state index is 12.0. The van der Waals surface area contributed by atoms with Gasteiger partial charge >= 0.3 is 0 Å². The molecule has 140 valence electrons. The number of hydrogen-bond acceptors (Lipinski definition) is 6. The van der Waals surface area contributed by atoms with Crippen molar-refractivity contribution in [1.82, 2.24) is 10.2 Å². The first-order valence-corrected chi connectivity index (χ1v) is 10.4. The summed E-state index contributed by atoms with van der Waals surface area (Å²) >= 11 is 3.40. The molecule has 0 spiro atoms. The summed E-state index contributed by atoms with van der Waals surface area (Å²) in [4.78, 5) is 12.0. The Hall–Kier alpha value is -2.07. The number of hydrogen-bond donors (Lipinski definition) is 1. The van der Waals surface area contributed by atoms with Crippen LogP contribution >= 0.6 is 34.4 Å². The Labute approximate surface area is 175 Å². The fourth-order valence-electron chi connectivity index (χ4n) is 2.18. The average Bonchev–Trinajstić information content (AvgIpc) is 3.15. The van der Waals surface area contributed by atoms with Crippen molar-refractivity contribution >= 4 is 45.9 Å². The molecule has 0 aliphatic carbocycles. The lowest BCUT2D eigenvalue weighted by Gasteiger charge is -2.04. The van der Waals surface area contributed by atoms with E-state index in [0.29, 0.717) is 11.1 Å². The van der Waals surface area contributed by atoms with Crippen molar-refractivity contribution in [3.05, 3.63) is 63.6 Å². The zero-order valence-corrected chi connectivity index (χ0v) is 17.6. The molecule has 1 amide bonds. The first-order chi connectivity index (χ1) is 13.1. The van der Waals surface area contributed by atoms with Gasteiger partial charge in [-0.25, -0.2) is 0 Å². The average molecular weight is 495 g/mol. The lowest BCUT2D eigenvalue weighted by molar-refractivity contribution is -0.113. The number of thioether (sulfide) groups is 1. The van der Waals surface area contributed by atoms with Gasteiger partial charge in [-0.15, -0.1) is 10.2 Å². The number of nitrogens with zero attached hydrogens (tertiary/aromatic N) is 2. The van der Waals surface area contributed by atoms with Gasteiger partial charge < -0.3 is 14.5 Å². The molecule has 0 aliphatic rings. The smallest absolute Gasteiger partial charge is 0.277 e. The Kier molecular flexibility index (Phi) is 7.11. The predicted octanol–water partition coefficient (Wildman–Crippen LogP) is 4.55. The van der Waals surface area contributed by atoms with Gasteiger partial charge in [-0.1, -0.05) is 30.8 Å². The van der Waals surface area contributed by atoms with Gasteiger partial charge in [-0.2, -0.15) is 0 Å². The second-order valence-electron chi connectivity index (χ2n) is 5.59. The van der Waals surface area contributed by atoms with E-state index in [-0.39, 0.29) is 18.3 Å². The Morgan fingerprint density at radius 3 is 2.59 bits per heavy atom. The molecule has 0 saturated heterocycles. The number of halogens is 1. The van der Waals surface area contributed by atoms with Crippen LogP contribution < -0.4 is 10.1 Å². The number of aryl methyl sites for hydroxylation is 1. The van der Waals surface area contributed by atoms with Crippen molar-refractivity contribution in [2.45, 2.75) is 25.2 Å². The number of aromatic nitrogens is 2. The van der Waals surface area contributed by atoms with Crippen molar-refractivity contribution in [1.29, 1.82) is 0 Å². The molecule has 0 radical (unpaired) electrons. The first-order valence-electron chi connectivity index (χ1n) is 8.34. The highest BCUT2D eigenvalue weighted by Crippen LogP contribution is 2.19. The van der Waals surface area contributed by atoms with Crippen LogP contribution in [0.5, 0.6) is 5.75 Å². The zero-order valence-electron chi connectivity index (χ0n) is 14.6. The molecule has 8 heteroatoms. The number of nitrogens with one attached hydrogen (secondary N) is 1. The van der Waals surface area contributed by atoms with Gasteiger partial charge in [0.15, 0.2) is 6.61 Å². The van der Waals surface area contributed by atoms with Gasteiger partial charge in [-0.3, -0.25) is 4.79 Å². The summed E-state index contributed by atoms with van der Waals surface area (Å²) in [7, 11) is 0. The number of ether oxygens (including phenoxy) is 1. The molecular weight excluding hydrogens is 477 g/mol. The highest BCUT2D eigenvalue weighted by Gasteiger charge is 2.10. The third-order valence-corrected chi connectivity index (χ3v) is 5.13. The molecule has 0 bridgehead atoms. The minimum atomic E-state index is -0.131. The Balaban J connectivity index is 1.44. The van der Waals surface area contributed by atoms with Crippen molar-refractivity contribution in [3.63, 3.8) is 0 Å². The first kappa shape index (κ1) is 19.7. The number of rotatable bonds is 8. The van der Waals surface area contributed by atoms with Gasteiger partial charge in [0.2, 0.25) is 5.91 Å². The van der Waals surface area contributed by atoms with Crippen LogP contribution in [-0.4, -0.2) is 21.9 Å². The van der Waals surface area contributed by atoms with Crippen LogP contribution in [0.3, 0.4) is 0 Å². The van der Waals surface area contributed by atoms with Crippen LogP contribution in [0.1, 0.15) is 18.4 Å². The maximum absolute atomic E-state index is 12.0. The number of anilines is 1. The summed E-state index contributed by atoms with van der Waals surface area (Å²) in [5, 5.41) is 11.0. The molecule has 2 aromatic carbocycles. The summed E-state index contributed by atoms with van der Waals surface area (Å²) < 4.78 is 12.2. The van der Waals surface area contributed by atoms with Gasteiger partial charge in [0, 0.05) is 9.26 Å². The number of amides is 1. The molecule has 27 heavy (non-hydrogen) atoms. The van der Waals surface area contributed by atoms with Crippen molar-refractivity contribution < 1.29 is 13.9 Å². The summed E-state index contributed by atoms with van der Waals surface area (Å²) in [6.07, 6.45) is 0.988. The molecule has 1 aromatic heterocycles. The molecule has 1 heterocycles. The Morgan fingerprint density at radius 1 is 1.15 bits per heavy atom. The summed E-state index contributed by atoms with van der Waals surface area (Å²) in [5.74, 6) is 1.17. The topological polar surface area (TPSA) is 77.2 Å². The van der Waals surface area contributed by atoms with Gasteiger partial charge in [0.25, 0.3) is 11.1 Å². The summed E-state index contributed by atoms with van der Waals surface area (Å²) in [6, 6.07) is 15.5. The monoisotopic (exact) mass is 495 g/mol.